The van der Waals surface area contributed by atoms with Gasteiger partial charge in [0.1, 0.15) is 28.6 Å². The van der Waals surface area contributed by atoms with E-state index in [0.717, 1.165) is 11.1 Å². The van der Waals surface area contributed by atoms with Crippen molar-refractivity contribution in [2.75, 3.05) is 29.4 Å². The smallest absolute Gasteiger partial charge is 0.415 e. The van der Waals surface area contributed by atoms with Gasteiger partial charge >= 0.3 is 12.1 Å². The van der Waals surface area contributed by atoms with Crippen LogP contribution in [0.5, 0.6) is 5.75 Å². The molecule has 39 heavy (non-hydrogen) atoms. The van der Waals surface area contributed by atoms with Crippen LogP contribution in [0.3, 0.4) is 0 Å². The van der Waals surface area contributed by atoms with Gasteiger partial charge in [0.15, 0.2) is 0 Å². The Morgan fingerprint density at radius 2 is 1.79 bits per heavy atom. The number of piperidine rings is 1. The van der Waals surface area contributed by atoms with Gasteiger partial charge in [-0.2, -0.15) is 0 Å². The van der Waals surface area contributed by atoms with Gasteiger partial charge in [0.2, 0.25) is 0 Å². The highest BCUT2D eigenvalue weighted by Gasteiger charge is 2.46. The zero-order valence-corrected chi connectivity index (χ0v) is 23.1. The standard InChI is InChI=1S/C30H36F2N2O5/c1-28(2,3)39-27(37)34-17-29(4,5)38-25-15-23(22(32)14-24(25)34)33-10-8-30(9-11-33)16-18(12-26(35)36)20-7-6-19(31)13-21(20)30/h6-7,13-15,18H,8-12,16-17H2,1-5H3,(H,35,36)/t18-/m1/s1. The number of fused-ring (bicyclic) bond motifs is 3. The first kappa shape index (κ1) is 27.2. The van der Waals surface area contributed by atoms with Crippen molar-refractivity contribution in [3.05, 3.63) is 53.1 Å². The van der Waals surface area contributed by atoms with Crippen LogP contribution in [0.1, 0.15) is 77.3 Å². The van der Waals surface area contributed by atoms with Gasteiger partial charge in [0, 0.05) is 25.2 Å². The molecule has 1 fully saturated rings. The SMILES string of the molecule is CC(C)(C)OC(=O)N1CC(C)(C)Oc2cc(N3CCC4(CC3)C[C@@H](CC(=O)O)c3ccc(F)cc34)c(F)cc21. The highest BCUT2D eigenvalue weighted by atomic mass is 19.1. The Balaban J connectivity index is 1.41. The van der Waals surface area contributed by atoms with E-state index in [1.54, 1.807) is 39.0 Å². The van der Waals surface area contributed by atoms with Crippen molar-refractivity contribution in [3.8, 4) is 5.75 Å². The fourth-order valence-electron chi connectivity index (χ4n) is 6.42. The molecule has 3 aliphatic rings. The Bertz CT molecular complexity index is 1310. The average molecular weight is 543 g/mol. The van der Waals surface area contributed by atoms with Gasteiger partial charge in [0.05, 0.1) is 24.3 Å². The summed E-state index contributed by atoms with van der Waals surface area (Å²) in [6, 6.07) is 7.64. The van der Waals surface area contributed by atoms with Crippen LogP contribution in [0, 0.1) is 11.6 Å². The van der Waals surface area contributed by atoms with Crippen molar-refractivity contribution in [3.63, 3.8) is 0 Å². The van der Waals surface area contributed by atoms with Crippen LogP contribution < -0.4 is 14.5 Å². The van der Waals surface area contributed by atoms with Crippen LogP contribution >= 0.6 is 0 Å². The molecule has 2 heterocycles. The lowest BCUT2D eigenvalue weighted by molar-refractivity contribution is -0.137. The number of nitrogens with zero attached hydrogens (tertiary/aromatic N) is 2. The molecule has 0 saturated carbocycles. The van der Waals surface area contributed by atoms with Crippen LogP contribution in [0.4, 0.5) is 25.0 Å². The van der Waals surface area contributed by atoms with E-state index >= 15 is 4.39 Å². The molecule has 1 saturated heterocycles. The van der Waals surface area contributed by atoms with Crippen molar-refractivity contribution < 1.29 is 33.0 Å². The van der Waals surface area contributed by atoms with Gasteiger partial charge < -0.3 is 19.5 Å². The lowest BCUT2D eigenvalue weighted by Gasteiger charge is -2.43. The van der Waals surface area contributed by atoms with Gasteiger partial charge in [-0.1, -0.05) is 6.07 Å². The highest BCUT2D eigenvalue weighted by molar-refractivity contribution is 5.91. The summed E-state index contributed by atoms with van der Waals surface area (Å²) in [6.45, 7) is 10.3. The summed E-state index contributed by atoms with van der Waals surface area (Å²) < 4.78 is 41.6. The van der Waals surface area contributed by atoms with Crippen molar-refractivity contribution >= 4 is 23.4 Å². The lowest BCUT2D eigenvalue weighted by atomic mass is 9.73. The molecule has 0 radical (unpaired) electrons. The second-order valence-corrected chi connectivity index (χ2v) is 12.7. The minimum Gasteiger partial charge on any atom is -0.484 e. The number of hydrogen-bond acceptors (Lipinski definition) is 5. The summed E-state index contributed by atoms with van der Waals surface area (Å²) in [5.74, 6) is -1.43. The van der Waals surface area contributed by atoms with Gasteiger partial charge in [0.25, 0.3) is 0 Å². The van der Waals surface area contributed by atoms with Crippen LogP contribution in [-0.4, -0.2) is 48.0 Å². The topological polar surface area (TPSA) is 79.3 Å². The number of benzene rings is 2. The second kappa shape index (κ2) is 9.38. The number of amides is 1. The Morgan fingerprint density at radius 1 is 1.10 bits per heavy atom. The van der Waals surface area contributed by atoms with Gasteiger partial charge in [-0.05, 0) is 88.5 Å². The molecule has 2 aromatic rings. The fourth-order valence-corrected chi connectivity index (χ4v) is 6.42. The number of carboxylic acids is 1. The number of hydrogen-bond donors (Lipinski definition) is 1. The van der Waals surface area contributed by atoms with Crippen LogP contribution in [-0.2, 0) is 14.9 Å². The van der Waals surface area contributed by atoms with E-state index in [1.165, 1.54) is 17.0 Å². The monoisotopic (exact) mass is 542 g/mol. The fraction of sp³-hybridized carbons (Fsp3) is 0.533. The van der Waals surface area contributed by atoms with Crippen molar-refractivity contribution in [2.24, 2.45) is 0 Å². The number of carbonyl (C=O) groups is 2. The molecule has 1 amide bonds. The number of anilines is 2. The molecule has 1 aliphatic carbocycles. The maximum atomic E-state index is 15.6. The number of rotatable bonds is 3. The van der Waals surface area contributed by atoms with Gasteiger partial charge in [-0.15, -0.1) is 0 Å². The maximum Gasteiger partial charge on any atom is 0.415 e. The first-order chi connectivity index (χ1) is 18.2. The largest absolute Gasteiger partial charge is 0.484 e. The summed E-state index contributed by atoms with van der Waals surface area (Å²) >= 11 is 0. The Morgan fingerprint density at radius 3 is 2.44 bits per heavy atom. The second-order valence-electron chi connectivity index (χ2n) is 12.7. The zero-order valence-electron chi connectivity index (χ0n) is 23.1. The Hall–Kier alpha value is -3.36. The Labute approximate surface area is 227 Å². The van der Waals surface area contributed by atoms with E-state index in [4.69, 9.17) is 9.47 Å². The number of ether oxygens (including phenoxy) is 2. The van der Waals surface area contributed by atoms with E-state index < -0.39 is 29.1 Å². The third-order valence-electron chi connectivity index (χ3n) is 8.00. The number of carboxylic acid groups (broad SMARTS) is 1. The molecule has 2 aliphatic heterocycles. The third kappa shape index (κ3) is 5.28. The van der Waals surface area contributed by atoms with Crippen LogP contribution in [0.25, 0.3) is 0 Å². The average Bonchev–Trinajstić information content (AvgIpc) is 3.09. The molecular formula is C30H36F2N2O5. The summed E-state index contributed by atoms with van der Waals surface area (Å²) in [5, 5.41) is 9.44. The van der Waals surface area contributed by atoms with E-state index in [9.17, 15) is 19.1 Å². The van der Waals surface area contributed by atoms with E-state index in [2.05, 4.69) is 0 Å². The predicted octanol–water partition coefficient (Wildman–Crippen LogP) is 6.38. The normalized spacial score (nSPS) is 21.3. The predicted molar refractivity (Wildman–Crippen MR) is 144 cm³/mol. The van der Waals surface area contributed by atoms with Crippen molar-refractivity contribution in [2.45, 2.75) is 82.8 Å². The van der Waals surface area contributed by atoms with Gasteiger partial charge in [-0.25, -0.2) is 13.6 Å². The molecule has 1 N–H and O–H groups in total. The molecule has 210 valence electrons. The minimum absolute atomic E-state index is 0.00478. The molecule has 2 aromatic carbocycles. The number of carbonyl (C=O) groups excluding carboxylic acids is 1. The molecular weight excluding hydrogens is 506 g/mol. The first-order valence-electron chi connectivity index (χ1n) is 13.5. The van der Waals surface area contributed by atoms with E-state index in [0.29, 0.717) is 49.5 Å². The van der Waals surface area contributed by atoms with Crippen LogP contribution in [0.15, 0.2) is 30.3 Å². The molecule has 5 rings (SSSR count). The van der Waals surface area contributed by atoms with Crippen molar-refractivity contribution in [1.29, 1.82) is 0 Å². The molecule has 0 unspecified atom stereocenters. The molecule has 1 spiro atoms. The quantitative estimate of drug-likeness (QED) is 0.485. The van der Waals surface area contributed by atoms with E-state index in [-0.39, 0.29) is 30.1 Å². The summed E-state index contributed by atoms with van der Waals surface area (Å²) in [7, 11) is 0. The zero-order chi connectivity index (χ0) is 28.3. The van der Waals surface area contributed by atoms with Crippen LogP contribution in [0.2, 0.25) is 0 Å². The summed E-state index contributed by atoms with van der Waals surface area (Å²) in [4.78, 5) is 27.9. The molecule has 7 nitrogen and oxygen atoms in total. The molecule has 1 atom stereocenters. The first-order valence-corrected chi connectivity index (χ1v) is 13.5. The maximum absolute atomic E-state index is 15.6. The molecule has 9 heteroatoms. The molecule has 0 aromatic heterocycles. The number of halogens is 2. The van der Waals surface area contributed by atoms with Crippen molar-refractivity contribution in [1.82, 2.24) is 0 Å². The summed E-state index contributed by atoms with van der Waals surface area (Å²) in [5.41, 5.74) is 0.752. The Kier molecular flexibility index (Phi) is 6.55. The third-order valence-corrected chi connectivity index (χ3v) is 8.00. The van der Waals surface area contributed by atoms with Gasteiger partial charge in [-0.3, -0.25) is 9.69 Å². The number of aliphatic carboxylic acids is 1. The van der Waals surface area contributed by atoms with E-state index in [1.807, 2.05) is 18.7 Å². The molecule has 0 bridgehead atoms. The lowest BCUT2D eigenvalue weighted by Crippen LogP contribution is -2.50. The minimum atomic E-state index is -0.871. The highest BCUT2D eigenvalue weighted by Crippen LogP contribution is 2.53. The summed E-state index contributed by atoms with van der Waals surface area (Å²) in [6.07, 6.45) is 1.38.